The fraction of sp³-hybridized carbons (Fsp3) is 0.114. The molecule has 0 atom stereocenters. The van der Waals surface area contributed by atoms with E-state index in [0.717, 1.165) is 24.5 Å². The normalized spacial score (nSPS) is 9.56. The van der Waals surface area contributed by atoms with E-state index < -0.39 is 0 Å². The first-order valence-electron chi connectivity index (χ1n) is 13.5. The van der Waals surface area contributed by atoms with Crippen molar-refractivity contribution in [3.63, 3.8) is 0 Å². The van der Waals surface area contributed by atoms with Crippen molar-refractivity contribution in [2.24, 2.45) is 0 Å². The van der Waals surface area contributed by atoms with E-state index in [1.165, 1.54) is 0 Å². The first kappa shape index (κ1) is 45.7. The summed E-state index contributed by atoms with van der Waals surface area (Å²) in [7, 11) is -0.381. The van der Waals surface area contributed by atoms with Crippen LogP contribution in [0.25, 0.3) is 0 Å². The monoisotopic (exact) mass is 715 g/mol. The van der Waals surface area contributed by atoms with Gasteiger partial charge in [0, 0.05) is 20.9 Å². The van der Waals surface area contributed by atoms with Gasteiger partial charge in [-0.15, -0.1) is 0 Å². The van der Waals surface area contributed by atoms with Crippen LogP contribution in [0.4, 0.5) is 28.2 Å². The zero-order valence-electron chi connectivity index (χ0n) is 25.3. The van der Waals surface area contributed by atoms with Gasteiger partial charge in [-0.3, -0.25) is 33.0 Å². The Morgan fingerprint density at radius 1 is 0.500 bits per heavy atom. The number of hydrogen-bond donors (Lipinski definition) is 2. The molecule has 5 aromatic carbocycles. The highest BCUT2D eigenvalue weighted by Crippen LogP contribution is 2.35. The van der Waals surface area contributed by atoms with E-state index in [2.05, 4.69) is 48.5 Å². The Hall–Kier alpha value is -4.43. The number of benzene rings is 5. The number of carbonyl (C=O) groups is 1. The van der Waals surface area contributed by atoms with Crippen molar-refractivity contribution >= 4 is 28.4 Å². The van der Waals surface area contributed by atoms with E-state index in [1.54, 1.807) is 11.8 Å². The van der Waals surface area contributed by atoms with Crippen LogP contribution < -0.4 is 9.47 Å². The number of hydrogen-bond acceptors (Lipinski definition) is 6. The molecule has 0 spiro atoms. The van der Waals surface area contributed by atoms with E-state index >= 15 is 0 Å². The highest BCUT2D eigenvalue weighted by molar-refractivity contribution is 7.99. The second kappa shape index (κ2) is 23.0. The molecule has 0 radical (unpaired) electrons. The topological polar surface area (TPSA) is 76.0 Å². The molecule has 2 N–H and O–H groups in total. The van der Waals surface area contributed by atoms with Gasteiger partial charge in [-0.05, 0) is 97.1 Å². The Morgan fingerprint density at radius 2 is 0.854 bits per heavy atom. The molecular weight excluding hydrogens is 679 g/mol. The van der Waals surface area contributed by atoms with Gasteiger partial charge in [0.05, 0.1) is 24.1 Å². The summed E-state index contributed by atoms with van der Waals surface area (Å²) in [4.78, 5) is 18.3. The van der Waals surface area contributed by atoms with Crippen LogP contribution in [0.15, 0.2) is 152 Å². The van der Waals surface area contributed by atoms with Crippen LogP contribution in [0.3, 0.4) is 0 Å². The Bertz CT molecular complexity index is 1530. The smallest absolute Gasteiger partial charge is 0.193 e. The third-order valence-electron chi connectivity index (χ3n) is 6.29. The van der Waals surface area contributed by atoms with Gasteiger partial charge < -0.3 is 19.7 Å². The second-order valence-corrected chi connectivity index (χ2v) is 12.4. The van der Waals surface area contributed by atoms with Gasteiger partial charge in [-0.2, -0.15) is 0 Å². The SMILES string of the molecule is F.F.F.F.F.F.O=C(c1ccccc1)c1ccc(Sc2ccc([S+](c3ccc(OCCO)cc3)c3ccc(OCCO)cc3)cc2)cc1. The van der Waals surface area contributed by atoms with Gasteiger partial charge in [0.2, 0.25) is 0 Å². The number of halogens is 6. The standard InChI is InChI=1S/C35H31O5S2.6FH/c36-22-24-39-28-8-16-32(17-9-28)42(33-18-10-29(11-19-33)40-25-23-37)34-20-14-31(15-21-34)41-30-12-6-27(7-13-30)35(38)26-4-2-1-3-5-26;;;;;;/h1-21,36-37H,22-25H2;6*1H/q+1;;;;;;. The molecule has 0 aliphatic rings. The molecule has 0 heterocycles. The number of ketones is 1. The molecule has 260 valence electrons. The van der Waals surface area contributed by atoms with E-state index in [9.17, 15) is 4.79 Å². The fourth-order valence-corrected chi connectivity index (χ4v) is 7.15. The average Bonchev–Trinajstić information content (AvgIpc) is 3.05. The maximum Gasteiger partial charge on any atom is 0.193 e. The maximum absolute atomic E-state index is 12.7. The molecule has 0 aliphatic carbocycles. The van der Waals surface area contributed by atoms with Crippen molar-refractivity contribution in [2.75, 3.05) is 26.4 Å². The van der Waals surface area contributed by atoms with Crippen molar-refractivity contribution in [1.82, 2.24) is 0 Å². The summed E-state index contributed by atoms with van der Waals surface area (Å²) in [6.07, 6.45) is 0. The molecule has 0 aromatic heterocycles. The molecule has 0 bridgehead atoms. The van der Waals surface area contributed by atoms with E-state index in [1.807, 2.05) is 78.9 Å². The zero-order valence-corrected chi connectivity index (χ0v) is 27.0. The fourth-order valence-electron chi connectivity index (χ4n) is 4.29. The van der Waals surface area contributed by atoms with Crippen molar-refractivity contribution < 1.29 is 52.7 Å². The number of aliphatic hydroxyl groups excluding tert-OH is 2. The molecule has 13 heteroatoms. The first-order valence-corrected chi connectivity index (χ1v) is 15.6. The Morgan fingerprint density at radius 3 is 1.25 bits per heavy atom. The van der Waals surface area contributed by atoms with E-state index in [0.29, 0.717) is 22.6 Å². The minimum Gasteiger partial charge on any atom is -0.491 e. The molecular formula is C35H37F6O5S2+. The predicted molar refractivity (Wildman–Crippen MR) is 182 cm³/mol. The number of rotatable bonds is 13. The van der Waals surface area contributed by atoms with Crippen LogP contribution in [0.5, 0.6) is 11.5 Å². The van der Waals surface area contributed by atoms with E-state index in [4.69, 9.17) is 19.7 Å². The lowest BCUT2D eigenvalue weighted by Gasteiger charge is -2.11. The van der Waals surface area contributed by atoms with Gasteiger partial charge in [-0.1, -0.05) is 42.1 Å². The van der Waals surface area contributed by atoms with Crippen molar-refractivity contribution in [2.45, 2.75) is 24.5 Å². The number of ether oxygens (including phenoxy) is 2. The third kappa shape index (κ3) is 12.0. The van der Waals surface area contributed by atoms with Gasteiger partial charge in [-0.25, -0.2) is 0 Å². The van der Waals surface area contributed by atoms with Crippen LogP contribution in [0, 0.1) is 0 Å². The average molecular weight is 716 g/mol. The molecule has 0 amide bonds. The van der Waals surface area contributed by atoms with Crippen molar-refractivity contribution in [3.05, 3.63) is 139 Å². The van der Waals surface area contributed by atoms with Crippen LogP contribution in [0.2, 0.25) is 0 Å². The Labute approximate surface area is 281 Å². The quantitative estimate of drug-likeness (QED) is 0.0736. The van der Waals surface area contributed by atoms with Gasteiger partial charge in [0.15, 0.2) is 20.5 Å². The Kier molecular flexibility index (Phi) is 21.9. The molecule has 0 unspecified atom stereocenters. The molecule has 48 heavy (non-hydrogen) atoms. The van der Waals surface area contributed by atoms with Gasteiger partial charge in [0.1, 0.15) is 24.7 Å². The third-order valence-corrected chi connectivity index (χ3v) is 9.53. The van der Waals surface area contributed by atoms with E-state index in [-0.39, 0.29) is 71.3 Å². The molecule has 5 rings (SSSR count). The molecule has 0 fully saturated rings. The largest absolute Gasteiger partial charge is 0.491 e. The first-order chi connectivity index (χ1) is 20.6. The lowest BCUT2D eigenvalue weighted by atomic mass is 10.0. The molecule has 0 saturated heterocycles. The number of carbonyl (C=O) groups excluding carboxylic acids is 1. The van der Waals surface area contributed by atoms with Gasteiger partial charge in [0.25, 0.3) is 0 Å². The summed E-state index contributed by atoms with van der Waals surface area (Å²) in [5, 5.41) is 18.1. The van der Waals surface area contributed by atoms with Crippen LogP contribution >= 0.6 is 11.8 Å². The van der Waals surface area contributed by atoms with Crippen LogP contribution in [-0.2, 0) is 10.9 Å². The zero-order chi connectivity index (χ0) is 29.1. The lowest BCUT2D eigenvalue weighted by Crippen LogP contribution is -2.06. The summed E-state index contributed by atoms with van der Waals surface area (Å²) in [6, 6.07) is 41.6. The van der Waals surface area contributed by atoms with Crippen molar-refractivity contribution in [3.8, 4) is 11.5 Å². The minimum absolute atomic E-state index is 0. The highest BCUT2D eigenvalue weighted by Gasteiger charge is 2.29. The lowest BCUT2D eigenvalue weighted by molar-refractivity contribution is 0.103. The summed E-state index contributed by atoms with van der Waals surface area (Å²) in [6.45, 7) is 0.450. The highest BCUT2D eigenvalue weighted by atomic mass is 32.2. The summed E-state index contributed by atoms with van der Waals surface area (Å²) in [5.74, 6) is 1.45. The molecule has 5 aromatic rings. The second-order valence-electron chi connectivity index (χ2n) is 9.19. The summed E-state index contributed by atoms with van der Waals surface area (Å²) in [5.41, 5.74) is 1.36. The number of aliphatic hydroxyl groups is 2. The molecule has 0 aliphatic heterocycles. The molecule has 5 nitrogen and oxygen atoms in total. The maximum atomic E-state index is 12.7. The predicted octanol–water partition coefficient (Wildman–Crippen LogP) is 7.82. The van der Waals surface area contributed by atoms with Crippen LogP contribution in [0.1, 0.15) is 15.9 Å². The minimum atomic E-state index is -0.381. The van der Waals surface area contributed by atoms with Crippen molar-refractivity contribution in [1.29, 1.82) is 0 Å². The molecule has 0 saturated carbocycles. The Balaban J connectivity index is 0. The summed E-state index contributed by atoms with van der Waals surface area (Å²) >= 11 is 1.65. The van der Waals surface area contributed by atoms with Crippen LogP contribution in [-0.4, -0.2) is 42.4 Å². The van der Waals surface area contributed by atoms with Gasteiger partial charge >= 0.3 is 0 Å². The summed E-state index contributed by atoms with van der Waals surface area (Å²) < 4.78 is 11.1.